The highest BCUT2D eigenvalue weighted by Gasteiger charge is 2.42. The van der Waals surface area contributed by atoms with Gasteiger partial charge in [0.05, 0.1) is 11.6 Å². The number of hydrogen-bond acceptors (Lipinski definition) is 6. The van der Waals surface area contributed by atoms with Crippen LogP contribution in [0.25, 0.3) is 0 Å². The maximum Gasteiger partial charge on any atom is 0.328 e. The largest absolute Gasteiger partial charge is 0.482 e. The van der Waals surface area contributed by atoms with E-state index in [1.165, 1.54) is 0 Å². The lowest BCUT2D eigenvalue weighted by molar-refractivity contribution is -0.148. The molecule has 3 N–H and O–H groups in total. The molecule has 1 fully saturated rings. The molecule has 2 aromatic rings. The van der Waals surface area contributed by atoms with Gasteiger partial charge in [0.2, 0.25) is 5.91 Å². The fourth-order valence-electron chi connectivity index (χ4n) is 3.85. The van der Waals surface area contributed by atoms with E-state index < -0.39 is 29.4 Å². The van der Waals surface area contributed by atoms with Gasteiger partial charge in [0.25, 0.3) is 5.91 Å². The summed E-state index contributed by atoms with van der Waals surface area (Å²) in [5.41, 5.74) is -0.287. The second-order valence-electron chi connectivity index (χ2n) is 8.07. The van der Waals surface area contributed by atoms with E-state index in [-0.39, 0.29) is 19.6 Å². The first-order valence-electron chi connectivity index (χ1n) is 11.3. The normalized spacial score (nSPS) is 15.6. The van der Waals surface area contributed by atoms with Crippen LogP contribution in [0, 0.1) is 0 Å². The van der Waals surface area contributed by atoms with E-state index in [0.29, 0.717) is 36.7 Å². The molecule has 9 heteroatoms. The Labute approximate surface area is 204 Å². The van der Waals surface area contributed by atoms with Gasteiger partial charge in [-0.2, -0.15) is 0 Å². The number of ether oxygens (including phenoxy) is 2. The van der Waals surface area contributed by atoms with Gasteiger partial charge in [0.15, 0.2) is 6.61 Å². The number of carbonyl (C=O) groups excluding carboxylic acids is 3. The fraction of sp³-hybridized carbons (Fsp3) is 0.400. The zero-order chi connectivity index (χ0) is 24.4. The summed E-state index contributed by atoms with van der Waals surface area (Å²) in [5.74, 6) is -1.01. The molecule has 34 heavy (non-hydrogen) atoms. The lowest BCUT2D eigenvalue weighted by atomic mass is 9.86. The molecule has 0 aromatic heterocycles. The fourth-order valence-corrected chi connectivity index (χ4v) is 4.04. The van der Waals surface area contributed by atoms with Gasteiger partial charge >= 0.3 is 5.97 Å². The number of piperidine rings is 1. The molecule has 1 heterocycles. The number of para-hydroxylation sites is 1. The number of rotatable bonds is 10. The lowest BCUT2D eigenvalue weighted by Crippen LogP contribution is -2.65. The predicted octanol–water partition coefficient (Wildman–Crippen LogP) is 2.25. The number of esters is 1. The van der Waals surface area contributed by atoms with Crippen molar-refractivity contribution in [3.8, 4) is 5.75 Å². The molecule has 8 nitrogen and oxygen atoms in total. The van der Waals surface area contributed by atoms with Crippen LogP contribution in [-0.2, 0) is 25.5 Å². The second kappa shape index (κ2) is 12.4. The summed E-state index contributed by atoms with van der Waals surface area (Å²) in [5, 5.41) is 9.27. The van der Waals surface area contributed by atoms with Crippen molar-refractivity contribution in [2.75, 3.05) is 26.3 Å². The van der Waals surface area contributed by atoms with Crippen LogP contribution in [0.5, 0.6) is 5.75 Å². The Bertz CT molecular complexity index is 980. The number of halogens is 1. The van der Waals surface area contributed by atoms with Crippen LogP contribution >= 0.6 is 11.6 Å². The average molecular weight is 488 g/mol. The molecular weight excluding hydrogens is 458 g/mol. The Morgan fingerprint density at radius 3 is 2.41 bits per heavy atom. The number of carbonyl (C=O) groups is 3. The number of amides is 2. The topological polar surface area (TPSA) is 106 Å². The SMILES string of the molecule is CCOC(=O)C(Cc1ccccc1)NC(=O)C1(NC(=O)COc2ccccc2Cl)CCNCC1. The summed E-state index contributed by atoms with van der Waals surface area (Å²) in [6.07, 6.45) is 1.03. The second-order valence-corrected chi connectivity index (χ2v) is 8.47. The van der Waals surface area contributed by atoms with Crippen LogP contribution in [0.3, 0.4) is 0 Å². The van der Waals surface area contributed by atoms with E-state index >= 15 is 0 Å². The Hall–Kier alpha value is -3.10. The first-order valence-corrected chi connectivity index (χ1v) is 11.7. The van der Waals surface area contributed by atoms with Crippen LogP contribution in [0.2, 0.25) is 5.02 Å². The minimum absolute atomic E-state index is 0.200. The quantitative estimate of drug-likeness (QED) is 0.444. The van der Waals surface area contributed by atoms with Crippen molar-refractivity contribution in [2.45, 2.75) is 37.8 Å². The van der Waals surface area contributed by atoms with Crippen LogP contribution in [-0.4, -0.2) is 55.7 Å². The van der Waals surface area contributed by atoms with E-state index in [2.05, 4.69) is 16.0 Å². The molecular formula is C25H30ClN3O5. The van der Waals surface area contributed by atoms with Crippen molar-refractivity contribution >= 4 is 29.4 Å². The third-order valence-electron chi connectivity index (χ3n) is 5.62. The minimum atomic E-state index is -1.17. The molecule has 0 saturated carbocycles. The minimum Gasteiger partial charge on any atom is -0.482 e. The van der Waals surface area contributed by atoms with Gasteiger partial charge in [0.1, 0.15) is 17.3 Å². The predicted molar refractivity (Wildman–Crippen MR) is 129 cm³/mol. The van der Waals surface area contributed by atoms with Gasteiger partial charge < -0.3 is 25.4 Å². The molecule has 1 unspecified atom stereocenters. The third-order valence-corrected chi connectivity index (χ3v) is 5.94. The van der Waals surface area contributed by atoms with Gasteiger partial charge in [-0.05, 0) is 50.6 Å². The molecule has 2 aromatic carbocycles. The van der Waals surface area contributed by atoms with Gasteiger partial charge in [-0.25, -0.2) is 4.79 Å². The molecule has 3 rings (SSSR count). The molecule has 2 amide bonds. The van der Waals surface area contributed by atoms with E-state index in [4.69, 9.17) is 21.1 Å². The van der Waals surface area contributed by atoms with Gasteiger partial charge in [-0.15, -0.1) is 0 Å². The molecule has 0 aliphatic carbocycles. The van der Waals surface area contributed by atoms with Crippen molar-refractivity contribution in [1.82, 2.24) is 16.0 Å². The molecule has 1 saturated heterocycles. The highest BCUT2D eigenvalue weighted by Crippen LogP contribution is 2.23. The molecule has 1 aliphatic heterocycles. The molecule has 1 aliphatic rings. The zero-order valence-electron chi connectivity index (χ0n) is 19.1. The smallest absolute Gasteiger partial charge is 0.328 e. The number of hydrogen-bond donors (Lipinski definition) is 3. The summed E-state index contributed by atoms with van der Waals surface area (Å²) in [6, 6.07) is 15.3. The van der Waals surface area contributed by atoms with E-state index in [1.54, 1.807) is 31.2 Å². The molecule has 0 spiro atoms. The highest BCUT2D eigenvalue weighted by atomic mass is 35.5. The zero-order valence-corrected chi connectivity index (χ0v) is 19.9. The summed E-state index contributed by atoms with van der Waals surface area (Å²) >= 11 is 6.08. The highest BCUT2D eigenvalue weighted by molar-refractivity contribution is 6.32. The first-order chi connectivity index (χ1) is 16.4. The van der Waals surface area contributed by atoms with Crippen LogP contribution < -0.4 is 20.7 Å². The lowest BCUT2D eigenvalue weighted by Gasteiger charge is -2.37. The van der Waals surface area contributed by atoms with Crippen molar-refractivity contribution in [2.24, 2.45) is 0 Å². The van der Waals surface area contributed by atoms with Crippen molar-refractivity contribution < 1.29 is 23.9 Å². The Morgan fingerprint density at radius 2 is 1.74 bits per heavy atom. The summed E-state index contributed by atoms with van der Waals surface area (Å²) in [7, 11) is 0. The van der Waals surface area contributed by atoms with Gasteiger partial charge in [-0.3, -0.25) is 9.59 Å². The molecule has 0 bridgehead atoms. The number of nitrogens with one attached hydrogen (secondary N) is 3. The standard InChI is InChI=1S/C25H30ClN3O5/c1-2-33-23(31)20(16-18-8-4-3-5-9-18)28-24(32)25(12-14-27-15-13-25)29-22(30)17-34-21-11-7-6-10-19(21)26/h3-11,20,27H,2,12-17H2,1H3,(H,28,32)(H,29,30). The maximum absolute atomic E-state index is 13.5. The Morgan fingerprint density at radius 1 is 1.06 bits per heavy atom. The van der Waals surface area contributed by atoms with E-state index in [9.17, 15) is 14.4 Å². The summed E-state index contributed by atoms with van der Waals surface area (Å²) < 4.78 is 10.7. The van der Waals surface area contributed by atoms with Crippen LogP contribution in [0.4, 0.5) is 0 Å². The Kier molecular flexibility index (Phi) is 9.30. The molecule has 1 atom stereocenters. The van der Waals surface area contributed by atoms with Gasteiger partial charge in [0, 0.05) is 6.42 Å². The van der Waals surface area contributed by atoms with Crippen molar-refractivity contribution in [1.29, 1.82) is 0 Å². The first kappa shape index (κ1) is 25.5. The van der Waals surface area contributed by atoms with Crippen molar-refractivity contribution in [3.63, 3.8) is 0 Å². The monoisotopic (exact) mass is 487 g/mol. The number of benzene rings is 2. The average Bonchev–Trinajstić information content (AvgIpc) is 2.84. The third kappa shape index (κ3) is 6.95. The molecule has 182 valence electrons. The molecule has 0 radical (unpaired) electrons. The van der Waals surface area contributed by atoms with Gasteiger partial charge in [-0.1, -0.05) is 54.1 Å². The maximum atomic E-state index is 13.5. The summed E-state index contributed by atoms with van der Waals surface area (Å²) in [4.78, 5) is 38.8. The van der Waals surface area contributed by atoms with Crippen LogP contribution in [0.1, 0.15) is 25.3 Å². The van der Waals surface area contributed by atoms with Crippen LogP contribution in [0.15, 0.2) is 54.6 Å². The van der Waals surface area contributed by atoms with Crippen molar-refractivity contribution in [3.05, 3.63) is 65.2 Å². The van der Waals surface area contributed by atoms with E-state index in [1.807, 2.05) is 30.3 Å². The van der Waals surface area contributed by atoms with E-state index in [0.717, 1.165) is 5.56 Å². The Balaban J connectivity index is 1.71. The summed E-state index contributed by atoms with van der Waals surface area (Å²) in [6.45, 7) is 2.71.